The summed E-state index contributed by atoms with van der Waals surface area (Å²) in [5, 5.41) is 4.38. The van der Waals surface area contributed by atoms with Crippen molar-refractivity contribution in [1.29, 1.82) is 0 Å². The van der Waals surface area contributed by atoms with E-state index in [4.69, 9.17) is 11.6 Å². The van der Waals surface area contributed by atoms with E-state index < -0.39 is 0 Å². The van der Waals surface area contributed by atoms with Gasteiger partial charge in [0, 0.05) is 16.9 Å². The van der Waals surface area contributed by atoms with Gasteiger partial charge in [0.05, 0.1) is 10.8 Å². The normalized spacial score (nSPS) is 10.3. The Morgan fingerprint density at radius 2 is 2.10 bits per heavy atom. The first-order valence-electron chi connectivity index (χ1n) is 6.16. The number of aromatic nitrogens is 1. The fraction of sp³-hybridized carbons (Fsp3) is 0.200. The number of benzene rings is 1. The summed E-state index contributed by atoms with van der Waals surface area (Å²) < 4.78 is 0. The van der Waals surface area contributed by atoms with Gasteiger partial charge < -0.3 is 5.32 Å². The lowest BCUT2D eigenvalue weighted by atomic mass is 10.2. The molecule has 20 heavy (non-hydrogen) atoms. The van der Waals surface area contributed by atoms with E-state index in [1.807, 2.05) is 38.1 Å². The predicted molar refractivity (Wildman–Crippen MR) is 84.5 cm³/mol. The molecule has 0 aliphatic rings. The molecule has 0 unspecified atom stereocenters. The van der Waals surface area contributed by atoms with Gasteiger partial charge in [0.1, 0.15) is 0 Å². The quantitative estimate of drug-likeness (QED) is 0.865. The maximum Gasteiger partial charge on any atom is 0.234 e. The first kappa shape index (κ1) is 14.9. The van der Waals surface area contributed by atoms with Crippen molar-refractivity contribution in [2.75, 3.05) is 11.1 Å². The highest BCUT2D eigenvalue weighted by molar-refractivity contribution is 7.99. The molecule has 0 saturated carbocycles. The molecule has 0 fully saturated rings. The van der Waals surface area contributed by atoms with E-state index >= 15 is 0 Å². The molecule has 2 rings (SSSR count). The van der Waals surface area contributed by atoms with Crippen LogP contribution in [0.25, 0.3) is 0 Å². The second-order valence-corrected chi connectivity index (χ2v) is 5.90. The van der Waals surface area contributed by atoms with E-state index in [9.17, 15) is 4.79 Å². The lowest BCUT2D eigenvalue weighted by molar-refractivity contribution is -0.113. The molecule has 0 bridgehead atoms. The second kappa shape index (κ2) is 6.77. The van der Waals surface area contributed by atoms with Gasteiger partial charge in [-0.2, -0.15) is 0 Å². The maximum absolute atomic E-state index is 11.9. The number of hydrogen-bond acceptors (Lipinski definition) is 3. The average molecular weight is 307 g/mol. The largest absolute Gasteiger partial charge is 0.325 e. The van der Waals surface area contributed by atoms with Crippen molar-refractivity contribution in [3.05, 3.63) is 52.7 Å². The Kier molecular flexibility index (Phi) is 5.04. The summed E-state index contributed by atoms with van der Waals surface area (Å²) in [5.41, 5.74) is 2.84. The van der Waals surface area contributed by atoms with Crippen LogP contribution in [-0.2, 0) is 4.79 Å². The molecular weight excluding hydrogens is 292 g/mol. The number of nitrogens with zero attached hydrogens (tertiary/aromatic N) is 1. The number of hydrogen-bond donors (Lipinski definition) is 1. The van der Waals surface area contributed by atoms with Crippen molar-refractivity contribution in [3.8, 4) is 0 Å². The minimum atomic E-state index is -0.0530. The molecular formula is C15H15ClN2OS. The van der Waals surface area contributed by atoms with Crippen LogP contribution in [0.4, 0.5) is 5.69 Å². The molecule has 0 saturated heterocycles. The van der Waals surface area contributed by atoms with Crippen molar-refractivity contribution in [3.63, 3.8) is 0 Å². The first-order chi connectivity index (χ1) is 9.54. The summed E-state index contributed by atoms with van der Waals surface area (Å²) in [6, 6.07) is 9.30. The molecule has 1 amide bonds. The summed E-state index contributed by atoms with van der Waals surface area (Å²) in [4.78, 5) is 16.1. The zero-order chi connectivity index (χ0) is 14.5. The summed E-state index contributed by atoms with van der Waals surface area (Å²) in [6.45, 7) is 3.90. The summed E-state index contributed by atoms with van der Waals surface area (Å²) in [7, 11) is 0. The molecule has 2 aromatic rings. The van der Waals surface area contributed by atoms with Gasteiger partial charge in [-0.05, 0) is 49.2 Å². The molecule has 104 valence electrons. The van der Waals surface area contributed by atoms with E-state index in [-0.39, 0.29) is 5.91 Å². The minimum Gasteiger partial charge on any atom is -0.325 e. The third-order valence-electron chi connectivity index (χ3n) is 2.70. The van der Waals surface area contributed by atoms with Crippen molar-refractivity contribution >= 4 is 35.0 Å². The van der Waals surface area contributed by atoms with Gasteiger partial charge in [0.15, 0.2) is 0 Å². The number of aryl methyl sites for hydroxylation is 2. The molecule has 0 aliphatic heterocycles. The van der Waals surface area contributed by atoms with Crippen molar-refractivity contribution in [2.45, 2.75) is 18.9 Å². The molecule has 0 spiro atoms. The summed E-state index contributed by atoms with van der Waals surface area (Å²) in [6.07, 6.45) is 1.80. The van der Waals surface area contributed by atoms with Gasteiger partial charge in [-0.25, -0.2) is 4.98 Å². The van der Waals surface area contributed by atoms with Crippen LogP contribution in [0.3, 0.4) is 0 Å². The number of pyridine rings is 1. The standard InChI is InChI=1S/C15H15ClN2OS/c1-10-3-6-15(17-8-10)20-9-14(19)18-13-5-4-12(16)7-11(13)2/h3-8H,9H2,1-2H3,(H,18,19). The number of amides is 1. The highest BCUT2D eigenvalue weighted by Crippen LogP contribution is 2.20. The van der Waals surface area contributed by atoms with Crippen LogP contribution in [0, 0.1) is 13.8 Å². The number of nitrogens with one attached hydrogen (secondary N) is 1. The van der Waals surface area contributed by atoms with Gasteiger partial charge in [-0.1, -0.05) is 29.4 Å². The van der Waals surface area contributed by atoms with Gasteiger partial charge >= 0.3 is 0 Å². The van der Waals surface area contributed by atoms with Crippen LogP contribution in [0.15, 0.2) is 41.6 Å². The highest BCUT2D eigenvalue weighted by atomic mass is 35.5. The van der Waals surface area contributed by atoms with Gasteiger partial charge in [-0.3, -0.25) is 4.79 Å². The van der Waals surface area contributed by atoms with Crippen LogP contribution in [0.1, 0.15) is 11.1 Å². The van der Waals surface area contributed by atoms with E-state index in [1.54, 1.807) is 12.3 Å². The van der Waals surface area contributed by atoms with Gasteiger partial charge in [-0.15, -0.1) is 0 Å². The number of anilines is 1. The average Bonchev–Trinajstić information content (AvgIpc) is 2.41. The molecule has 5 heteroatoms. The monoisotopic (exact) mass is 306 g/mol. The van der Waals surface area contributed by atoms with Crippen molar-refractivity contribution in [2.24, 2.45) is 0 Å². The fourth-order valence-corrected chi connectivity index (χ4v) is 2.50. The lowest BCUT2D eigenvalue weighted by Crippen LogP contribution is -2.14. The molecule has 1 N–H and O–H groups in total. The topological polar surface area (TPSA) is 42.0 Å². The van der Waals surface area contributed by atoms with Gasteiger partial charge in [0.2, 0.25) is 5.91 Å². The molecule has 0 atom stereocenters. The lowest BCUT2D eigenvalue weighted by Gasteiger charge is -2.08. The smallest absolute Gasteiger partial charge is 0.234 e. The van der Waals surface area contributed by atoms with Gasteiger partial charge in [0.25, 0.3) is 0 Å². The minimum absolute atomic E-state index is 0.0530. The maximum atomic E-state index is 11.9. The Labute approximate surface area is 127 Å². The molecule has 1 aromatic carbocycles. The van der Waals surface area contributed by atoms with Crippen LogP contribution in [-0.4, -0.2) is 16.6 Å². The zero-order valence-corrected chi connectivity index (χ0v) is 12.9. The fourth-order valence-electron chi connectivity index (χ4n) is 1.63. The van der Waals surface area contributed by atoms with Crippen LogP contribution in [0.2, 0.25) is 5.02 Å². The predicted octanol–water partition coefficient (Wildman–Crippen LogP) is 4.08. The van der Waals surface area contributed by atoms with E-state index in [2.05, 4.69) is 10.3 Å². The van der Waals surface area contributed by atoms with Crippen LogP contribution < -0.4 is 5.32 Å². The third kappa shape index (κ3) is 4.25. The molecule has 0 radical (unpaired) electrons. The van der Waals surface area contributed by atoms with E-state index in [0.717, 1.165) is 21.8 Å². The second-order valence-electron chi connectivity index (χ2n) is 4.47. The van der Waals surface area contributed by atoms with E-state index in [1.165, 1.54) is 11.8 Å². The van der Waals surface area contributed by atoms with E-state index in [0.29, 0.717) is 10.8 Å². The van der Waals surface area contributed by atoms with Crippen molar-refractivity contribution in [1.82, 2.24) is 4.98 Å². The molecule has 0 aliphatic carbocycles. The number of carbonyl (C=O) groups is 1. The first-order valence-corrected chi connectivity index (χ1v) is 7.52. The molecule has 1 aromatic heterocycles. The number of thioether (sulfide) groups is 1. The summed E-state index contributed by atoms with van der Waals surface area (Å²) in [5.74, 6) is 0.279. The third-order valence-corrected chi connectivity index (χ3v) is 3.88. The Balaban J connectivity index is 1.90. The van der Waals surface area contributed by atoms with Crippen LogP contribution >= 0.6 is 23.4 Å². The number of carbonyl (C=O) groups excluding carboxylic acids is 1. The Morgan fingerprint density at radius 3 is 2.75 bits per heavy atom. The molecule has 1 heterocycles. The zero-order valence-electron chi connectivity index (χ0n) is 11.3. The Morgan fingerprint density at radius 1 is 1.30 bits per heavy atom. The SMILES string of the molecule is Cc1ccc(SCC(=O)Nc2ccc(Cl)cc2C)nc1. The highest BCUT2D eigenvalue weighted by Gasteiger charge is 2.06. The summed E-state index contributed by atoms with van der Waals surface area (Å²) >= 11 is 7.30. The number of halogens is 1. The Hall–Kier alpha value is -1.52. The molecule has 3 nitrogen and oxygen atoms in total. The van der Waals surface area contributed by atoms with Crippen LogP contribution in [0.5, 0.6) is 0 Å². The van der Waals surface area contributed by atoms with Crippen molar-refractivity contribution < 1.29 is 4.79 Å². The number of rotatable bonds is 4. The Bertz CT molecular complexity index is 614.